The minimum absolute atomic E-state index is 0.195. The van der Waals surface area contributed by atoms with Gasteiger partial charge in [0, 0.05) is 10.0 Å². The Bertz CT molecular complexity index is 353. The minimum atomic E-state index is -0.904. The number of benzene rings is 1. The zero-order valence-corrected chi connectivity index (χ0v) is 8.82. The van der Waals surface area contributed by atoms with E-state index in [-0.39, 0.29) is 13.4 Å². The summed E-state index contributed by atoms with van der Waals surface area (Å²) < 4.78 is 11.0. The standard InChI is InChI=1S/C9H9BrO4/c10-6-2-9-8(13-4-14-9)1-5(6)7(12)3-11/h1-2,7,11-12H,3-4H2. The third kappa shape index (κ3) is 1.58. The quantitative estimate of drug-likeness (QED) is 0.839. The number of halogens is 1. The van der Waals surface area contributed by atoms with Crippen molar-refractivity contribution in [1.82, 2.24) is 0 Å². The first kappa shape index (κ1) is 9.76. The highest BCUT2D eigenvalue weighted by Crippen LogP contribution is 2.38. The Balaban J connectivity index is 2.42. The molecule has 0 spiro atoms. The van der Waals surface area contributed by atoms with Gasteiger partial charge < -0.3 is 19.7 Å². The number of hydrogen-bond acceptors (Lipinski definition) is 4. The fraction of sp³-hybridized carbons (Fsp3) is 0.333. The van der Waals surface area contributed by atoms with Gasteiger partial charge in [-0.25, -0.2) is 0 Å². The van der Waals surface area contributed by atoms with Gasteiger partial charge in [-0.1, -0.05) is 15.9 Å². The van der Waals surface area contributed by atoms with Gasteiger partial charge in [-0.15, -0.1) is 0 Å². The van der Waals surface area contributed by atoms with Gasteiger partial charge in [-0.3, -0.25) is 0 Å². The molecular weight excluding hydrogens is 252 g/mol. The molecule has 2 rings (SSSR count). The fourth-order valence-corrected chi connectivity index (χ4v) is 1.87. The molecule has 0 radical (unpaired) electrons. The molecule has 0 aliphatic carbocycles. The van der Waals surface area contributed by atoms with Crippen molar-refractivity contribution in [2.24, 2.45) is 0 Å². The molecule has 0 amide bonds. The first-order chi connectivity index (χ1) is 6.72. The third-order valence-corrected chi connectivity index (χ3v) is 2.71. The van der Waals surface area contributed by atoms with Crippen molar-refractivity contribution in [3.8, 4) is 11.5 Å². The lowest BCUT2D eigenvalue weighted by atomic mass is 10.1. The lowest BCUT2D eigenvalue weighted by Gasteiger charge is -2.10. The number of aliphatic hydroxyl groups excluding tert-OH is 2. The van der Waals surface area contributed by atoms with E-state index >= 15 is 0 Å². The minimum Gasteiger partial charge on any atom is -0.454 e. The van der Waals surface area contributed by atoms with Crippen LogP contribution in [0.3, 0.4) is 0 Å². The maximum Gasteiger partial charge on any atom is 0.231 e. The van der Waals surface area contributed by atoms with Gasteiger partial charge in [0.2, 0.25) is 6.79 Å². The van der Waals surface area contributed by atoms with Crippen LogP contribution in [0.5, 0.6) is 11.5 Å². The van der Waals surface area contributed by atoms with Gasteiger partial charge >= 0.3 is 0 Å². The van der Waals surface area contributed by atoms with Crippen LogP contribution < -0.4 is 9.47 Å². The second-order valence-corrected chi connectivity index (χ2v) is 3.78. The average molecular weight is 261 g/mol. The normalized spacial score (nSPS) is 15.6. The Kier molecular flexibility index (Phi) is 2.62. The monoisotopic (exact) mass is 260 g/mol. The maximum absolute atomic E-state index is 9.46. The highest BCUT2D eigenvalue weighted by molar-refractivity contribution is 9.10. The molecule has 4 nitrogen and oxygen atoms in total. The largest absolute Gasteiger partial charge is 0.454 e. The second kappa shape index (κ2) is 3.76. The highest BCUT2D eigenvalue weighted by Gasteiger charge is 2.19. The average Bonchev–Trinajstić information content (AvgIpc) is 2.62. The van der Waals surface area contributed by atoms with E-state index in [1.807, 2.05) is 0 Å². The van der Waals surface area contributed by atoms with Crippen molar-refractivity contribution in [3.05, 3.63) is 22.2 Å². The van der Waals surface area contributed by atoms with E-state index in [9.17, 15) is 5.11 Å². The van der Waals surface area contributed by atoms with E-state index in [1.54, 1.807) is 12.1 Å². The van der Waals surface area contributed by atoms with E-state index in [0.717, 1.165) is 0 Å². The van der Waals surface area contributed by atoms with Crippen LogP contribution in [0.1, 0.15) is 11.7 Å². The molecule has 2 N–H and O–H groups in total. The molecule has 1 aromatic carbocycles. The van der Waals surface area contributed by atoms with Gasteiger partial charge in [0.15, 0.2) is 11.5 Å². The molecule has 14 heavy (non-hydrogen) atoms. The Hall–Kier alpha value is -0.780. The van der Waals surface area contributed by atoms with Crippen molar-refractivity contribution in [2.75, 3.05) is 13.4 Å². The Morgan fingerprint density at radius 2 is 2.00 bits per heavy atom. The van der Waals surface area contributed by atoms with Crippen molar-refractivity contribution >= 4 is 15.9 Å². The maximum atomic E-state index is 9.46. The number of aliphatic hydroxyl groups is 2. The summed E-state index contributed by atoms with van der Waals surface area (Å²) in [6.07, 6.45) is -0.904. The van der Waals surface area contributed by atoms with Crippen LogP contribution in [0, 0.1) is 0 Å². The van der Waals surface area contributed by atoms with Crippen LogP contribution in [0.25, 0.3) is 0 Å². The predicted molar refractivity (Wildman–Crippen MR) is 52.3 cm³/mol. The number of hydrogen-bond donors (Lipinski definition) is 2. The van der Waals surface area contributed by atoms with Crippen molar-refractivity contribution in [3.63, 3.8) is 0 Å². The highest BCUT2D eigenvalue weighted by atomic mass is 79.9. The third-order valence-electron chi connectivity index (χ3n) is 2.02. The van der Waals surface area contributed by atoms with Crippen molar-refractivity contribution in [2.45, 2.75) is 6.10 Å². The van der Waals surface area contributed by atoms with E-state index in [0.29, 0.717) is 21.5 Å². The molecule has 76 valence electrons. The summed E-state index contributed by atoms with van der Waals surface area (Å²) in [5.41, 5.74) is 0.594. The summed E-state index contributed by atoms with van der Waals surface area (Å²) in [5, 5.41) is 18.3. The Morgan fingerprint density at radius 3 is 2.64 bits per heavy atom. The lowest BCUT2D eigenvalue weighted by Crippen LogP contribution is -2.03. The Morgan fingerprint density at radius 1 is 1.36 bits per heavy atom. The second-order valence-electron chi connectivity index (χ2n) is 2.93. The first-order valence-corrected chi connectivity index (χ1v) is 4.89. The summed E-state index contributed by atoms with van der Waals surface area (Å²) in [6.45, 7) is -0.126. The van der Waals surface area contributed by atoms with Crippen LogP contribution >= 0.6 is 15.9 Å². The fourth-order valence-electron chi connectivity index (χ4n) is 1.29. The summed E-state index contributed by atoms with van der Waals surface area (Å²) in [5.74, 6) is 1.24. The van der Waals surface area contributed by atoms with Gasteiger partial charge in [0.1, 0.15) is 6.10 Å². The van der Waals surface area contributed by atoms with E-state index < -0.39 is 6.10 Å². The van der Waals surface area contributed by atoms with Crippen LogP contribution in [-0.2, 0) is 0 Å². The molecule has 0 saturated heterocycles. The van der Waals surface area contributed by atoms with E-state index in [1.165, 1.54) is 0 Å². The zero-order chi connectivity index (χ0) is 10.1. The van der Waals surface area contributed by atoms with E-state index in [2.05, 4.69) is 15.9 Å². The Labute approximate surface area is 89.2 Å². The topological polar surface area (TPSA) is 58.9 Å². The molecule has 1 aliphatic rings. The molecule has 0 fully saturated rings. The van der Waals surface area contributed by atoms with Crippen LogP contribution in [0.4, 0.5) is 0 Å². The van der Waals surface area contributed by atoms with Crippen molar-refractivity contribution < 1.29 is 19.7 Å². The SMILES string of the molecule is OCC(O)c1cc2c(cc1Br)OCO2. The van der Waals surface area contributed by atoms with Crippen LogP contribution in [0.15, 0.2) is 16.6 Å². The first-order valence-electron chi connectivity index (χ1n) is 4.10. The van der Waals surface area contributed by atoms with Crippen LogP contribution in [-0.4, -0.2) is 23.6 Å². The molecule has 1 unspecified atom stereocenters. The molecule has 5 heteroatoms. The van der Waals surface area contributed by atoms with Gasteiger partial charge in [-0.05, 0) is 12.1 Å². The molecule has 0 saturated carbocycles. The van der Waals surface area contributed by atoms with Gasteiger partial charge in [-0.2, -0.15) is 0 Å². The van der Waals surface area contributed by atoms with Crippen LogP contribution in [0.2, 0.25) is 0 Å². The molecule has 1 aromatic rings. The predicted octanol–water partition coefficient (Wildman–Crippen LogP) is 1.20. The summed E-state index contributed by atoms with van der Waals surface area (Å²) in [7, 11) is 0. The van der Waals surface area contributed by atoms with Crippen molar-refractivity contribution in [1.29, 1.82) is 0 Å². The number of rotatable bonds is 2. The molecule has 1 heterocycles. The molecule has 1 atom stereocenters. The van der Waals surface area contributed by atoms with Gasteiger partial charge in [0.05, 0.1) is 6.61 Å². The summed E-state index contributed by atoms with van der Waals surface area (Å²) in [4.78, 5) is 0. The molecule has 0 aromatic heterocycles. The summed E-state index contributed by atoms with van der Waals surface area (Å²) >= 11 is 3.28. The van der Waals surface area contributed by atoms with Gasteiger partial charge in [0.25, 0.3) is 0 Å². The zero-order valence-electron chi connectivity index (χ0n) is 7.24. The molecule has 1 aliphatic heterocycles. The molecule has 0 bridgehead atoms. The number of fused-ring (bicyclic) bond motifs is 1. The molecular formula is C9H9BrO4. The number of ether oxygens (including phenoxy) is 2. The van der Waals surface area contributed by atoms with E-state index in [4.69, 9.17) is 14.6 Å². The smallest absolute Gasteiger partial charge is 0.231 e. The lowest BCUT2D eigenvalue weighted by molar-refractivity contribution is 0.0949. The summed E-state index contributed by atoms with van der Waals surface area (Å²) in [6, 6.07) is 3.38.